The second-order valence-corrected chi connectivity index (χ2v) is 7.36. The van der Waals surface area contributed by atoms with Crippen molar-refractivity contribution in [2.75, 3.05) is 31.1 Å². The summed E-state index contributed by atoms with van der Waals surface area (Å²) >= 11 is 2.07. The van der Waals surface area contributed by atoms with Gasteiger partial charge in [-0.1, -0.05) is 20.8 Å². The minimum Gasteiger partial charge on any atom is -0.313 e. The van der Waals surface area contributed by atoms with E-state index in [1.165, 1.54) is 50.4 Å². The molecule has 0 saturated carbocycles. The van der Waals surface area contributed by atoms with E-state index >= 15 is 0 Å². The lowest BCUT2D eigenvalue weighted by Gasteiger charge is -2.29. The molecule has 2 atom stereocenters. The number of thioether (sulfide) groups is 1. The van der Waals surface area contributed by atoms with Gasteiger partial charge in [-0.2, -0.15) is 11.8 Å². The summed E-state index contributed by atoms with van der Waals surface area (Å²) in [4.78, 5) is 2.71. The van der Waals surface area contributed by atoms with Gasteiger partial charge in [-0.25, -0.2) is 0 Å². The highest BCUT2D eigenvalue weighted by molar-refractivity contribution is 7.99. The van der Waals surface area contributed by atoms with Crippen LogP contribution >= 0.6 is 11.8 Å². The Morgan fingerprint density at radius 2 is 2.17 bits per heavy atom. The van der Waals surface area contributed by atoms with Crippen LogP contribution < -0.4 is 5.32 Å². The lowest BCUT2D eigenvalue weighted by atomic mass is 10.0. The van der Waals surface area contributed by atoms with Gasteiger partial charge in [0.2, 0.25) is 0 Å². The Kier molecular flexibility index (Phi) is 8.36. The van der Waals surface area contributed by atoms with E-state index in [9.17, 15) is 0 Å². The molecule has 0 bridgehead atoms. The van der Waals surface area contributed by atoms with E-state index in [0.717, 1.165) is 12.0 Å². The summed E-state index contributed by atoms with van der Waals surface area (Å²) in [5.41, 5.74) is 0. The first kappa shape index (κ1) is 16.3. The normalized spacial score (nSPS) is 26.5. The SMILES string of the molecule is CCSCCCN1CC(CC(C)C)NCCC1C. The summed E-state index contributed by atoms with van der Waals surface area (Å²) in [6.45, 7) is 13.0. The van der Waals surface area contributed by atoms with E-state index in [1.54, 1.807) is 0 Å². The van der Waals surface area contributed by atoms with Crippen molar-refractivity contribution in [1.29, 1.82) is 0 Å². The highest BCUT2D eigenvalue weighted by atomic mass is 32.2. The van der Waals surface area contributed by atoms with E-state index in [2.05, 4.69) is 49.7 Å². The van der Waals surface area contributed by atoms with Crippen LogP contribution in [0, 0.1) is 5.92 Å². The fourth-order valence-electron chi connectivity index (χ4n) is 2.76. The molecule has 0 aromatic rings. The molecule has 0 amide bonds. The van der Waals surface area contributed by atoms with Gasteiger partial charge in [0.1, 0.15) is 0 Å². The van der Waals surface area contributed by atoms with Crippen molar-refractivity contribution in [3.8, 4) is 0 Å². The Labute approximate surface area is 118 Å². The molecule has 1 rings (SSSR count). The van der Waals surface area contributed by atoms with Gasteiger partial charge in [0.25, 0.3) is 0 Å². The van der Waals surface area contributed by atoms with E-state index in [1.807, 2.05) is 0 Å². The van der Waals surface area contributed by atoms with Crippen LogP contribution in [0.5, 0.6) is 0 Å². The van der Waals surface area contributed by atoms with E-state index in [4.69, 9.17) is 0 Å². The predicted octanol–water partition coefficient (Wildman–Crippen LogP) is 3.23. The molecular formula is C15H32N2S. The Hall–Kier alpha value is 0.270. The minimum absolute atomic E-state index is 0.703. The van der Waals surface area contributed by atoms with Gasteiger partial charge in [-0.05, 0) is 56.7 Å². The third-order valence-corrected chi connectivity index (χ3v) is 4.75. The summed E-state index contributed by atoms with van der Waals surface area (Å²) in [6, 6.07) is 1.45. The molecule has 2 unspecified atom stereocenters. The summed E-state index contributed by atoms with van der Waals surface area (Å²) < 4.78 is 0. The third-order valence-electron chi connectivity index (χ3n) is 3.77. The zero-order chi connectivity index (χ0) is 13.4. The molecule has 0 spiro atoms. The molecule has 0 aromatic heterocycles. The average Bonchev–Trinajstić information content (AvgIpc) is 2.47. The lowest BCUT2D eigenvalue weighted by Crippen LogP contribution is -2.41. The third kappa shape index (κ3) is 6.44. The highest BCUT2D eigenvalue weighted by Gasteiger charge is 2.22. The maximum Gasteiger partial charge on any atom is 0.0197 e. The molecular weight excluding hydrogens is 240 g/mol. The number of hydrogen-bond acceptors (Lipinski definition) is 3. The Morgan fingerprint density at radius 1 is 1.39 bits per heavy atom. The Balaban J connectivity index is 2.36. The van der Waals surface area contributed by atoms with Crippen molar-refractivity contribution in [2.45, 2.75) is 59.0 Å². The largest absolute Gasteiger partial charge is 0.313 e. The average molecular weight is 273 g/mol. The first-order valence-corrected chi connectivity index (χ1v) is 8.84. The molecule has 108 valence electrons. The van der Waals surface area contributed by atoms with Crippen molar-refractivity contribution >= 4 is 11.8 Å². The number of nitrogens with one attached hydrogen (secondary N) is 1. The van der Waals surface area contributed by atoms with Crippen molar-refractivity contribution in [3.05, 3.63) is 0 Å². The first-order valence-electron chi connectivity index (χ1n) is 7.68. The molecule has 2 nitrogen and oxygen atoms in total. The molecule has 0 aliphatic carbocycles. The van der Waals surface area contributed by atoms with E-state index in [0.29, 0.717) is 6.04 Å². The van der Waals surface area contributed by atoms with Crippen LogP contribution in [0.2, 0.25) is 0 Å². The first-order chi connectivity index (χ1) is 8.63. The summed E-state index contributed by atoms with van der Waals surface area (Å²) in [7, 11) is 0. The maximum atomic E-state index is 3.73. The number of rotatable bonds is 7. The molecule has 1 fully saturated rings. The summed E-state index contributed by atoms with van der Waals surface area (Å²) in [5, 5.41) is 3.73. The van der Waals surface area contributed by atoms with Gasteiger partial charge in [0.15, 0.2) is 0 Å². The quantitative estimate of drug-likeness (QED) is 0.716. The van der Waals surface area contributed by atoms with Gasteiger partial charge in [-0.3, -0.25) is 4.90 Å². The predicted molar refractivity (Wildman–Crippen MR) is 84.5 cm³/mol. The van der Waals surface area contributed by atoms with Gasteiger partial charge in [0, 0.05) is 18.6 Å². The summed E-state index contributed by atoms with van der Waals surface area (Å²) in [6.07, 6.45) is 3.96. The van der Waals surface area contributed by atoms with Crippen LogP contribution in [-0.4, -0.2) is 48.1 Å². The van der Waals surface area contributed by atoms with Crippen molar-refractivity contribution < 1.29 is 0 Å². The molecule has 0 radical (unpaired) electrons. The van der Waals surface area contributed by atoms with Crippen LogP contribution in [0.25, 0.3) is 0 Å². The van der Waals surface area contributed by atoms with Crippen LogP contribution in [-0.2, 0) is 0 Å². The van der Waals surface area contributed by atoms with Crippen LogP contribution in [0.15, 0.2) is 0 Å². The van der Waals surface area contributed by atoms with Crippen LogP contribution in [0.3, 0.4) is 0 Å². The van der Waals surface area contributed by atoms with Crippen molar-refractivity contribution in [1.82, 2.24) is 10.2 Å². The smallest absolute Gasteiger partial charge is 0.0197 e. The molecule has 1 aliphatic rings. The van der Waals surface area contributed by atoms with E-state index < -0.39 is 0 Å². The zero-order valence-electron chi connectivity index (χ0n) is 12.7. The molecule has 1 saturated heterocycles. The second kappa shape index (κ2) is 9.22. The van der Waals surface area contributed by atoms with Gasteiger partial charge < -0.3 is 5.32 Å². The molecule has 1 aliphatic heterocycles. The van der Waals surface area contributed by atoms with E-state index in [-0.39, 0.29) is 0 Å². The maximum absolute atomic E-state index is 3.73. The van der Waals surface area contributed by atoms with Crippen LogP contribution in [0.1, 0.15) is 47.0 Å². The minimum atomic E-state index is 0.703. The number of hydrogen-bond donors (Lipinski definition) is 1. The molecule has 1 N–H and O–H groups in total. The molecule has 1 heterocycles. The molecule has 3 heteroatoms. The van der Waals surface area contributed by atoms with Gasteiger partial charge in [0.05, 0.1) is 0 Å². The van der Waals surface area contributed by atoms with Gasteiger partial charge in [-0.15, -0.1) is 0 Å². The fourth-order valence-corrected chi connectivity index (χ4v) is 3.38. The van der Waals surface area contributed by atoms with Gasteiger partial charge >= 0.3 is 0 Å². The Morgan fingerprint density at radius 3 is 2.83 bits per heavy atom. The number of nitrogens with zero attached hydrogens (tertiary/aromatic N) is 1. The lowest BCUT2D eigenvalue weighted by molar-refractivity contribution is 0.199. The van der Waals surface area contributed by atoms with Crippen molar-refractivity contribution in [2.24, 2.45) is 5.92 Å². The summed E-state index contributed by atoms with van der Waals surface area (Å²) in [5.74, 6) is 3.38. The zero-order valence-corrected chi connectivity index (χ0v) is 13.6. The standard InChI is InChI=1S/C15H32N2S/c1-5-18-10-6-9-17-12-15(11-13(2)3)16-8-7-14(17)4/h13-16H,5-12H2,1-4H3. The van der Waals surface area contributed by atoms with Crippen molar-refractivity contribution in [3.63, 3.8) is 0 Å². The van der Waals surface area contributed by atoms with Crippen LogP contribution in [0.4, 0.5) is 0 Å². The molecule has 18 heavy (non-hydrogen) atoms. The molecule has 0 aromatic carbocycles. The second-order valence-electron chi connectivity index (χ2n) is 5.96. The fraction of sp³-hybridized carbons (Fsp3) is 1.00. The highest BCUT2D eigenvalue weighted by Crippen LogP contribution is 2.15. The topological polar surface area (TPSA) is 15.3 Å². The Bertz CT molecular complexity index is 209. The monoisotopic (exact) mass is 272 g/mol.